The molecular weight excluding hydrogens is 300 g/mol. The van der Waals surface area contributed by atoms with Crippen LogP contribution in [0, 0.1) is 35.5 Å². The number of amides is 2. The summed E-state index contributed by atoms with van der Waals surface area (Å²) in [4.78, 5) is 32.1. The van der Waals surface area contributed by atoms with Gasteiger partial charge in [-0.3, -0.25) is 14.6 Å². The van der Waals surface area contributed by atoms with E-state index in [0.717, 1.165) is 41.1 Å². The molecule has 5 fully saturated rings. The van der Waals surface area contributed by atoms with Gasteiger partial charge in [0.2, 0.25) is 11.8 Å². The van der Waals surface area contributed by atoms with Gasteiger partial charge in [0.05, 0.1) is 17.5 Å². The summed E-state index contributed by atoms with van der Waals surface area (Å²) in [6.45, 7) is 0. The van der Waals surface area contributed by atoms with Gasteiger partial charge in [-0.2, -0.15) is 0 Å². The van der Waals surface area contributed by atoms with Crippen molar-refractivity contribution in [1.29, 1.82) is 0 Å². The second-order valence-corrected chi connectivity index (χ2v) is 7.91. The Morgan fingerprint density at radius 2 is 1.62 bits per heavy atom. The molecule has 4 saturated carbocycles. The van der Waals surface area contributed by atoms with Crippen LogP contribution in [-0.2, 0) is 9.59 Å². The third-order valence-corrected chi connectivity index (χ3v) is 7.04. The van der Waals surface area contributed by atoms with Crippen molar-refractivity contribution in [3.8, 4) is 0 Å². The number of benzene rings is 1. The minimum absolute atomic E-state index is 0.0503. The number of hydrogen-bond donors (Lipinski definition) is 0. The first-order valence-corrected chi connectivity index (χ1v) is 8.96. The van der Waals surface area contributed by atoms with Crippen LogP contribution in [0.4, 0.5) is 5.69 Å². The van der Waals surface area contributed by atoms with Crippen molar-refractivity contribution in [2.75, 3.05) is 4.90 Å². The Labute approximate surface area is 139 Å². The average Bonchev–Trinajstić information content (AvgIpc) is 3.39. The quantitative estimate of drug-likeness (QED) is 0.760. The molecule has 2 heterocycles. The highest BCUT2D eigenvalue weighted by Crippen LogP contribution is 2.68. The lowest BCUT2D eigenvalue weighted by Crippen LogP contribution is -2.43. The second kappa shape index (κ2) is 4.24. The summed E-state index contributed by atoms with van der Waals surface area (Å²) in [6.07, 6.45) is 7.04. The van der Waals surface area contributed by atoms with Crippen LogP contribution < -0.4 is 4.90 Å². The van der Waals surface area contributed by atoms with Crippen LogP contribution in [0.5, 0.6) is 0 Å². The summed E-state index contributed by atoms with van der Waals surface area (Å²) >= 11 is 0. The molecule has 2 aromatic rings. The lowest BCUT2D eigenvalue weighted by Gasteiger charge is -2.42. The van der Waals surface area contributed by atoms with E-state index in [-0.39, 0.29) is 23.7 Å². The Kier molecular flexibility index (Phi) is 2.31. The van der Waals surface area contributed by atoms with Crippen molar-refractivity contribution in [3.05, 3.63) is 36.7 Å². The highest BCUT2D eigenvalue weighted by molar-refractivity contribution is 6.25. The third-order valence-electron chi connectivity index (χ3n) is 7.04. The van der Waals surface area contributed by atoms with E-state index in [9.17, 15) is 9.59 Å². The third kappa shape index (κ3) is 1.43. The summed E-state index contributed by atoms with van der Waals surface area (Å²) in [6, 6.07) is 7.69. The molecule has 0 spiro atoms. The van der Waals surface area contributed by atoms with Gasteiger partial charge in [-0.25, -0.2) is 4.90 Å². The highest BCUT2D eigenvalue weighted by Gasteiger charge is 2.68. The lowest BCUT2D eigenvalue weighted by molar-refractivity contribution is -0.129. The molecule has 7 rings (SSSR count). The molecule has 120 valence electrons. The fourth-order valence-corrected chi connectivity index (χ4v) is 6.08. The number of pyridine rings is 1. The van der Waals surface area contributed by atoms with Gasteiger partial charge in [-0.15, -0.1) is 0 Å². The van der Waals surface area contributed by atoms with Gasteiger partial charge in [0, 0.05) is 23.2 Å². The van der Waals surface area contributed by atoms with Crippen LogP contribution in [-0.4, -0.2) is 16.8 Å². The van der Waals surface area contributed by atoms with E-state index in [1.807, 2.05) is 24.3 Å². The van der Waals surface area contributed by atoms with Gasteiger partial charge in [-0.1, -0.05) is 12.1 Å². The Bertz CT molecular complexity index is 868. The zero-order valence-corrected chi connectivity index (χ0v) is 13.3. The van der Waals surface area contributed by atoms with E-state index < -0.39 is 0 Å². The number of fused-ring (bicyclic) bond motifs is 2. The van der Waals surface area contributed by atoms with Crippen LogP contribution in [0.3, 0.4) is 0 Å². The van der Waals surface area contributed by atoms with Gasteiger partial charge >= 0.3 is 0 Å². The second-order valence-electron chi connectivity index (χ2n) is 7.91. The fraction of sp³-hybridized carbons (Fsp3) is 0.450. The number of rotatable bonds is 1. The number of carbonyl (C=O) groups is 2. The molecule has 5 aliphatic rings. The van der Waals surface area contributed by atoms with Crippen LogP contribution in [0.2, 0.25) is 0 Å². The monoisotopic (exact) mass is 318 g/mol. The Morgan fingerprint density at radius 1 is 0.917 bits per heavy atom. The predicted molar refractivity (Wildman–Crippen MR) is 89.0 cm³/mol. The summed E-state index contributed by atoms with van der Waals surface area (Å²) in [5, 5.41) is 1.90. The normalized spacial score (nSPS) is 39.2. The fourth-order valence-electron chi connectivity index (χ4n) is 6.08. The molecule has 1 aromatic carbocycles. The largest absolute Gasteiger partial charge is 0.274 e. The molecule has 1 aromatic heterocycles. The summed E-state index contributed by atoms with van der Waals surface area (Å²) in [5.74, 6) is 2.32. The van der Waals surface area contributed by atoms with Gasteiger partial charge in [0.25, 0.3) is 0 Å². The maximum Gasteiger partial charge on any atom is 0.238 e. The number of imide groups is 1. The minimum atomic E-state index is -0.0582. The topological polar surface area (TPSA) is 50.3 Å². The van der Waals surface area contributed by atoms with E-state index >= 15 is 0 Å². The van der Waals surface area contributed by atoms with Gasteiger partial charge in [-0.05, 0) is 55.1 Å². The van der Waals surface area contributed by atoms with Crippen molar-refractivity contribution in [3.63, 3.8) is 0 Å². The number of hydrogen-bond acceptors (Lipinski definition) is 3. The van der Waals surface area contributed by atoms with Crippen molar-refractivity contribution >= 4 is 28.3 Å². The van der Waals surface area contributed by atoms with Gasteiger partial charge in [0.1, 0.15) is 0 Å². The van der Waals surface area contributed by atoms with E-state index in [4.69, 9.17) is 0 Å². The molecule has 0 radical (unpaired) electrons. The van der Waals surface area contributed by atoms with Crippen LogP contribution in [0.1, 0.15) is 19.3 Å². The summed E-state index contributed by atoms with van der Waals surface area (Å²) < 4.78 is 0. The first-order chi connectivity index (χ1) is 11.8. The molecule has 2 amide bonds. The predicted octanol–water partition coefficient (Wildman–Crippen LogP) is 3.02. The highest BCUT2D eigenvalue weighted by atomic mass is 16.2. The molecule has 2 bridgehead atoms. The first kappa shape index (κ1) is 13.1. The molecule has 24 heavy (non-hydrogen) atoms. The van der Waals surface area contributed by atoms with E-state index in [1.54, 1.807) is 12.4 Å². The molecule has 1 aliphatic heterocycles. The number of nitrogens with zero attached hydrogens (tertiary/aromatic N) is 2. The van der Waals surface area contributed by atoms with Crippen LogP contribution in [0.25, 0.3) is 10.8 Å². The molecular formula is C20H18N2O2. The smallest absolute Gasteiger partial charge is 0.238 e. The lowest BCUT2D eigenvalue weighted by atomic mass is 9.59. The molecule has 1 saturated heterocycles. The summed E-state index contributed by atoms with van der Waals surface area (Å²) in [5.41, 5.74) is 0.743. The Hall–Kier alpha value is -2.23. The van der Waals surface area contributed by atoms with E-state index in [2.05, 4.69) is 4.98 Å². The first-order valence-electron chi connectivity index (χ1n) is 8.96. The van der Waals surface area contributed by atoms with Gasteiger partial charge in [0.15, 0.2) is 0 Å². The molecule has 4 heteroatoms. The maximum absolute atomic E-state index is 13.2. The van der Waals surface area contributed by atoms with Gasteiger partial charge < -0.3 is 0 Å². The van der Waals surface area contributed by atoms with E-state index in [1.165, 1.54) is 11.3 Å². The number of aromatic nitrogens is 1. The Morgan fingerprint density at radius 3 is 2.33 bits per heavy atom. The minimum Gasteiger partial charge on any atom is -0.274 e. The van der Waals surface area contributed by atoms with E-state index in [0.29, 0.717) is 11.8 Å². The average molecular weight is 318 g/mol. The van der Waals surface area contributed by atoms with Crippen molar-refractivity contribution in [1.82, 2.24) is 4.98 Å². The molecule has 4 aliphatic carbocycles. The SMILES string of the molecule is O=C1C2C3CCC(C4CC43)C2C(=O)N1c1cccc2cnccc12. The van der Waals surface area contributed by atoms with Crippen molar-refractivity contribution in [2.24, 2.45) is 35.5 Å². The summed E-state index contributed by atoms with van der Waals surface area (Å²) in [7, 11) is 0. The zero-order chi connectivity index (χ0) is 16.0. The number of carbonyl (C=O) groups excluding carboxylic acids is 2. The molecule has 0 N–H and O–H groups in total. The maximum atomic E-state index is 13.2. The molecule has 6 atom stereocenters. The molecule has 6 unspecified atom stereocenters. The zero-order valence-electron chi connectivity index (χ0n) is 13.3. The Balaban J connectivity index is 1.51. The number of anilines is 1. The van der Waals surface area contributed by atoms with Crippen LogP contribution >= 0.6 is 0 Å². The standard InChI is InChI=1S/C20H18N2O2/c23-19-17-12-4-5-13(15-8-14(12)15)18(17)20(24)22(19)16-3-1-2-10-9-21-7-6-11(10)16/h1-3,6-7,9,12-15,17-18H,4-5,8H2. The van der Waals surface area contributed by atoms with Crippen LogP contribution in [0.15, 0.2) is 36.7 Å². The van der Waals surface area contributed by atoms with Crippen molar-refractivity contribution < 1.29 is 9.59 Å². The molecule has 4 nitrogen and oxygen atoms in total. The van der Waals surface area contributed by atoms with Crippen molar-refractivity contribution in [2.45, 2.75) is 19.3 Å².